The lowest BCUT2D eigenvalue weighted by atomic mass is 9.81. The van der Waals surface area contributed by atoms with Gasteiger partial charge in [0.15, 0.2) is 0 Å². The van der Waals surface area contributed by atoms with E-state index in [1.165, 1.54) is 17.5 Å². The summed E-state index contributed by atoms with van der Waals surface area (Å²) in [5.41, 5.74) is 3.04. The fourth-order valence-corrected chi connectivity index (χ4v) is 1.59. The van der Waals surface area contributed by atoms with Gasteiger partial charge in [-0.05, 0) is 37.9 Å². The summed E-state index contributed by atoms with van der Waals surface area (Å²) in [4.78, 5) is 0. The van der Waals surface area contributed by atoms with Gasteiger partial charge < -0.3 is 5.32 Å². The first kappa shape index (κ1) is 11.3. The van der Waals surface area contributed by atoms with Crippen molar-refractivity contribution in [3.63, 3.8) is 0 Å². The molecule has 14 heavy (non-hydrogen) atoms. The van der Waals surface area contributed by atoms with Crippen molar-refractivity contribution in [3.05, 3.63) is 35.4 Å². The molecule has 1 aromatic carbocycles. The van der Waals surface area contributed by atoms with E-state index >= 15 is 0 Å². The average Bonchev–Trinajstić information content (AvgIpc) is 2.16. The van der Waals surface area contributed by atoms with Crippen LogP contribution in [0.25, 0.3) is 0 Å². The Balaban J connectivity index is 2.75. The molecule has 0 aromatic heterocycles. The number of nitrogens with one attached hydrogen (secondary N) is 1. The third kappa shape index (κ3) is 2.85. The van der Waals surface area contributed by atoms with Crippen molar-refractivity contribution < 1.29 is 0 Å². The first-order valence-electron chi connectivity index (χ1n) is 5.28. The first-order chi connectivity index (χ1) is 6.56. The Morgan fingerprint density at radius 3 is 2.21 bits per heavy atom. The maximum absolute atomic E-state index is 3.20. The molecule has 1 N–H and O–H groups in total. The molecule has 0 atom stereocenters. The highest BCUT2D eigenvalue weighted by Crippen LogP contribution is 2.26. The Morgan fingerprint density at radius 2 is 1.71 bits per heavy atom. The zero-order valence-electron chi connectivity index (χ0n) is 9.72. The Labute approximate surface area is 87.5 Å². The van der Waals surface area contributed by atoms with Crippen LogP contribution in [0.4, 0.5) is 0 Å². The van der Waals surface area contributed by atoms with E-state index in [9.17, 15) is 0 Å². The largest absolute Gasteiger partial charge is 0.320 e. The third-order valence-electron chi connectivity index (χ3n) is 2.83. The standard InChI is InChI=1S/C13H21N/c1-11-5-7-12(8-6-11)13(2,3)9-10-14-4/h5-8,14H,9-10H2,1-4H3. The number of hydrogen-bond acceptors (Lipinski definition) is 1. The van der Waals surface area contributed by atoms with E-state index in [1.807, 2.05) is 7.05 Å². The van der Waals surface area contributed by atoms with E-state index in [4.69, 9.17) is 0 Å². The molecule has 1 nitrogen and oxygen atoms in total. The normalized spacial score (nSPS) is 11.7. The van der Waals surface area contributed by atoms with Crippen LogP contribution in [-0.2, 0) is 5.41 Å². The zero-order chi connectivity index (χ0) is 10.6. The van der Waals surface area contributed by atoms with E-state index in [0.29, 0.717) is 0 Å². The molecule has 0 bridgehead atoms. The molecule has 1 rings (SSSR count). The minimum atomic E-state index is 0.275. The number of aryl methyl sites for hydroxylation is 1. The molecular formula is C13H21N. The van der Waals surface area contributed by atoms with Crippen LogP contribution < -0.4 is 5.32 Å². The SMILES string of the molecule is CNCCC(C)(C)c1ccc(C)cc1. The molecule has 0 fully saturated rings. The lowest BCUT2D eigenvalue weighted by Gasteiger charge is -2.25. The molecule has 0 saturated carbocycles. The Hall–Kier alpha value is -0.820. The number of benzene rings is 1. The van der Waals surface area contributed by atoms with Crippen molar-refractivity contribution in [1.29, 1.82) is 0 Å². The van der Waals surface area contributed by atoms with Crippen LogP contribution in [0.5, 0.6) is 0 Å². The van der Waals surface area contributed by atoms with E-state index in [2.05, 4.69) is 50.4 Å². The summed E-state index contributed by atoms with van der Waals surface area (Å²) < 4.78 is 0. The summed E-state index contributed by atoms with van der Waals surface area (Å²) in [6, 6.07) is 8.86. The van der Waals surface area contributed by atoms with Gasteiger partial charge in [0, 0.05) is 0 Å². The van der Waals surface area contributed by atoms with Crippen molar-refractivity contribution in [3.8, 4) is 0 Å². The van der Waals surface area contributed by atoms with Crippen molar-refractivity contribution in [2.45, 2.75) is 32.6 Å². The summed E-state index contributed by atoms with van der Waals surface area (Å²) in [5, 5.41) is 3.20. The predicted molar refractivity (Wildman–Crippen MR) is 62.7 cm³/mol. The Kier molecular flexibility index (Phi) is 3.70. The molecule has 1 heteroatoms. The quantitative estimate of drug-likeness (QED) is 0.771. The van der Waals surface area contributed by atoms with E-state index in [1.54, 1.807) is 0 Å². The maximum atomic E-state index is 3.20. The van der Waals surface area contributed by atoms with Crippen LogP contribution in [0.15, 0.2) is 24.3 Å². The molecule has 0 saturated heterocycles. The minimum absolute atomic E-state index is 0.275. The summed E-state index contributed by atoms with van der Waals surface area (Å²) in [7, 11) is 2.01. The fraction of sp³-hybridized carbons (Fsp3) is 0.538. The lowest BCUT2D eigenvalue weighted by Crippen LogP contribution is -2.23. The third-order valence-corrected chi connectivity index (χ3v) is 2.83. The van der Waals surface area contributed by atoms with Crippen molar-refractivity contribution >= 4 is 0 Å². The Morgan fingerprint density at radius 1 is 1.14 bits per heavy atom. The lowest BCUT2D eigenvalue weighted by molar-refractivity contribution is 0.469. The molecule has 0 spiro atoms. The minimum Gasteiger partial charge on any atom is -0.320 e. The molecule has 0 heterocycles. The van der Waals surface area contributed by atoms with E-state index in [-0.39, 0.29) is 5.41 Å². The van der Waals surface area contributed by atoms with Crippen LogP contribution in [0, 0.1) is 6.92 Å². The smallest absolute Gasteiger partial charge is 0.00436 e. The Bertz CT molecular complexity index is 272. The van der Waals surface area contributed by atoms with Gasteiger partial charge in [-0.2, -0.15) is 0 Å². The highest BCUT2D eigenvalue weighted by Gasteiger charge is 2.19. The van der Waals surface area contributed by atoms with Crippen molar-refractivity contribution in [2.75, 3.05) is 13.6 Å². The molecule has 0 aliphatic heterocycles. The fourth-order valence-electron chi connectivity index (χ4n) is 1.59. The van der Waals surface area contributed by atoms with Crippen LogP contribution in [-0.4, -0.2) is 13.6 Å². The maximum Gasteiger partial charge on any atom is -0.00436 e. The van der Waals surface area contributed by atoms with Gasteiger partial charge in [0.1, 0.15) is 0 Å². The van der Waals surface area contributed by atoms with Gasteiger partial charge >= 0.3 is 0 Å². The van der Waals surface area contributed by atoms with E-state index < -0.39 is 0 Å². The van der Waals surface area contributed by atoms with Gasteiger partial charge in [0.2, 0.25) is 0 Å². The van der Waals surface area contributed by atoms with Gasteiger partial charge in [-0.25, -0.2) is 0 Å². The van der Waals surface area contributed by atoms with Crippen molar-refractivity contribution in [1.82, 2.24) is 5.32 Å². The zero-order valence-corrected chi connectivity index (χ0v) is 9.72. The van der Waals surface area contributed by atoms with Gasteiger partial charge in [0.05, 0.1) is 0 Å². The second-order valence-corrected chi connectivity index (χ2v) is 4.60. The number of rotatable bonds is 4. The predicted octanol–water partition coefficient (Wildman–Crippen LogP) is 2.88. The van der Waals surface area contributed by atoms with Crippen LogP contribution in [0.1, 0.15) is 31.4 Å². The molecule has 0 aliphatic rings. The first-order valence-corrected chi connectivity index (χ1v) is 5.28. The average molecular weight is 191 g/mol. The molecular weight excluding hydrogens is 170 g/mol. The van der Waals surface area contributed by atoms with Crippen LogP contribution >= 0.6 is 0 Å². The summed E-state index contributed by atoms with van der Waals surface area (Å²) in [5.74, 6) is 0. The molecule has 1 aromatic rings. The summed E-state index contributed by atoms with van der Waals surface area (Å²) in [6.45, 7) is 7.80. The van der Waals surface area contributed by atoms with Crippen molar-refractivity contribution in [2.24, 2.45) is 0 Å². The monoisotopic (exact) mass is 191 g/mol. The number of hydrogen-bond donors (Lipinski definition) is 1. The topological polar surface area (TPSA) is 12.0 Å². The summed E-state index contributed by atoms with van der Waals surface area (Å²) in [6.07, 6.45) is 1.17. The summed E-state index contributed by atoms with van der Waals surface area (Å²) >= 11 is 0. The second-order valence-electron chi connectivity index (χ2n) is 4.60. The van der Waals surface area contributed by atoms with Gasteiger partial charge in [-0.15, -0.1) is 0 Å². The second kappa shape index (κ2) is 4.61. The molecule has 0 amide bonds. The van der Waals surface area contributed by atoms with Crippen LogP contribution in [0.3, 0.4) is 0 Å². The van der Waals surface area contributed by atoms with Crippen LogP contribution in [0.2, 0.25) is 0 Å². The van der Waals surface area contributed by atoms with Gasteiger partial charge in [0.25, 0.3) is 0 Å². The van der Waals surface area contributed by atoms with E-state index in [0.717, 1.165) is 6.54 Å². The highest BCUT2D eigenvalue weighted by molar-refractivity contribution is 5.27. The molecule has 0 aliphatic carbocycles. The highest BCUT2D eigenvalue weighted by atomic mass is 14.8. The van der Waals surface area contributed by atoms with Gasteiger partial charge in [-0.1, -0.05) is 43.7 Å². The molecule has 78 valence electrons. The van der Waals surface area contributed by atoms with Gasteiger partial charge in [-0.3, -0.25) is 0 Å². The molecule has 0 radical (unpaired) electrons. The molecule has 0 unspecified atom stereocenters.